The molecule has 3 saturated carbocycles. The summed E-state index contributed by atoms with van der Waals surface area (Å²) in [7, 11) is 0. The molecule has 3 nitrogen and oxygen atoms in total. The molecule has 3 aliphatic rings. The lowest BCUT2D eigenvalue weighted by Crippen LogP contribution is -2.35. The maximum atomic E-state index is 10.6. The quantitative estimate of drug-likeness (QED) is 0.412. The van der Waals surface area contributed by atoms with Gasteiger partial charge in [-0.1, -0.05) is 82.5 Å². The summed E-state index contributed by atoms with van der Waals surface area (Å²) in [5.41, 5.74) is 2.45. The number of rotatable bonds is 7. The molecule has 33 heavy (non-hydrogen) atoms. The third kappa shape index (κ3) is 5.21. The van der Waals surface area contributed by atoms with E-state index in [1.165, 1.54) is 31.3 Å². The van der Waals surface area contributed by atoms with Crippen molar-refractivity contribution in [2.24, 2.45) is 29.1 Å². The van der Waals surface area contributed by atoms with Gasteiger partial charge in [0.25, 0.3) is 0 Å². The Morgan fingerprint density at radius 1 is 1.09 bits per heavy atom. The molecule has 182 valence electrons. The normalized spacial score (nSPS) is 37.3. The van der Waals surface area contributed by atoms with Crippen LogP contribution in [0, 0.1) is 29.1 Å². The highest BCUT2D eigenvalue weighted by molar-refractivity contribution is 5.38. The lowest BCUT2D eigenvalue weighted by Gasteiger charge is -2.44. The SMILES string of the molecule is C=CC(O)(C=C)[C@@H](C)/C=C/[C@@H](C)[C@H]1CCC2C(=CC=C3C[C@@H](O)C[C@H](O)C3=C)CCC[C@@]21C. The molecular weight excluding hydrogens is 408 g/mol. The van der Waals surface area contributed by atoms with Gasteiger partial charge in [0.05, 0.1) is 12.2 Å². The topological polar surface area (TPSA) is 60.7 Å². The first kappa shape index (κ1) is 25.9. The van der Waals surface area contributed by atoms with Gasteiger partial charge in [-0.05, 0) is 72.8 Å². The number of hydrogen-bond acceptors (Lipinski definition) is 3. The molecule has 0 amide bonds. The molecule has 1 unspecified atom stereocenters. The summed E-state index contributed by atoms with van der Waals surface area (Å²) in [6.07, 6.45) is 17.8. The number of hydrogen-bond donors (Lipinski definition) is 3. The second-order valence-corrected chi connectivity index (χ2v) is 11.0. The summed E-state index contributed by atoms with van der Waals surface area (Å²) in [5, 5.41) is 30.9. The van der Waals surface area contributed by atoms with Gasteiger partial charge in [0.15, 0.2) is 0 Å². The lowest BCUT2D eigenvalue weighted by atomic mass is 9.61. The van der Waals surface area contributed by atoms with Crippen molar-refractivity contribution in [3.8, 4) is 0 Å². The Balaban J connectivity index is 1.76. The fourth-order valence-electron chi connectivity index (χ4n) is 6.69. The van der Waals surface area contributed by atoms with Gasteiger partial charge >= 0.3 is 0 Å². The van der Waals surface area contributed by atoms with Crippen molar-refractivity contribution in [2.75, 3.05) is 0 Å². The second kappa shape index (κ2) is 10.3. The van der Waals surface area contributed by atoms with Gasteiger partial charge in [0.2, 0.25) is 0 Å². The van der Waals surface area contributed by atoms with Crippen LogP contribution in [0.3, 0.4) is 0 Å². The molecule has 7 atom stereocenters. The highest BCUT2D eigenvalue weighted by atomic mass is 16.3. The highest BCUT2D eigenvalue weighted by Gasteiger charge is 2.50. The van der Waals surface area contributed by atoms with Crippen LogP contribution in [0.15, 0.2) is 72.9 Å². The minimum absolute atomic E-state index is 0.0670. The molecule has 0 aromatic carbocycles. The lowest BCUT2D eigenvalue weighted by molar-refractivity contribution is 0.0862. The number of allylic oxidation sites excluding steroid dienone is 4. The third-order valence-corrected chi connectivity index (χ3v) is 9.02. The van der Waals surface area contributed by atoms with Crippen molar-refractivity contribution in [2.45, 2.75) is 83.5 Å². The van der Waals surface area contributed by atoms with Crippen LogP contribution >= 0.6 is 0 Å². The average Bonchev–Trinajstić information content (AvgIpc) is 3.15. The molecule has 3 rings (SSSR count). The van der Waals surface area contributed by atoms with Crippen molar-refractivity contribution >= 4 is 0 Å². The van der Waals surface area contributed by atoms with E-state index in [2.05, 4.69) is 57.9 Å². The monoisotopic (exact) mass is 452 g/mol. The summed E-state index contributed by atoms with van der Waals surface area (Å²) in [4.78, 5) is 0. The van der Waals surface area contributed by atoms with E-state index in [0.29, 0.717) is 30.6 Å². The largest absolute Gasteiger partial charge is 0.393 e. The van der Waals surface area contributed by atoms with Crippen LogP contribution in [0.4, 0.5) is 0 Å². The summed E-state index contributed by atoms with van der Waals surface area (Å²) >= 11 is 0. The number of aliphatic hydroxyl groups is 3. The fourth-order valence-corrected chi connectivity index (χ4v) is 6.69. The predicted octanol–water partition coefficient (Wildman–Crippen LogP) is 6.06. The van der Waals surface area contributed by atoms with Gasteiger partial charge in [-0.15, -0.1) is 0 Å². The van der Waals surface area contributed by atoms with E-state index >= 15 is 0 Å². The van der Waals surface area contributed by atoms with E-state index in [0.717, 1.165) is 17.6 Å². The molecule has 0 aromatic rings. The summed E-state index contributed by atoms with van der Waals surface area (Å²) < 4.78 is 0. The molecule has 0 radical (unpaired) electrons. The Kier molecular flexibility index (Phi) is 8.09. The van der Waals surface area contributed by atoms with E-state index in [9.17, 15) is 15.3 Å². The van der Waals surface area contributed by atoms with Crippen LogP contribution in [0.25, 0.3) is 0 Å². The van der Waals surface area contributed by atoms with Crippen molar-refractivity contribution in [3.05, 3.63) is 72.9 Å². The first-order valence-corrected chi connectivity index (χ1v) is 12.7. The third-order valence-electron chi connectivity index (χ3n) is 9.02. The smallest absolute Gasteiger partial charge is 0.106 e. The summed E-state index contributed by atoms with van der Waals surface area (Å²) in [6, 6.07) is 0. The van der Waals surface area contributed by atoms with Crippen LogP contribution in [-0.4, -0.2) is 33.1 Å². The number of aliphatic hydroxyl groups excluding tert-OH is 2. The van der Waals surface area contributed by atoms with Crippen molar-refractivity contribution in [1.82, 2.24) is 0 Å². The fraction of sp³-hybridized carbons (Fsp3) is 0.600. The van der Waals surface area contributed by atoms with E-state index in [1.54, 1.807) is 12.2 Å². The standard InChI is InChI=1S/C30H44O3/c1-7-30(33,8-2)21(4)12-11-20(3)26-15-16-27-23(10-9-17-29(26,27)6)13-14-24-18-25(31)19-28(32)22(24)5/h7-8,11-14,20-21,25-28,31-33H,1-2,5,9-10,15-19H2,3-4,6H3/b12-11+,23-13?,24-14?/t20-,21+,25-,26-,27?,28+,29-/m1/s1. The summed E-state index contributed by atoms with van der Waals surface area (Å²) in [6.45, 7) is 18.4. The van der Waals surface area contributed by atoms with Gasteiger partial charge < -0.3 is 15.3 Å². The Morgan fingerprint density at radius 3 is 2.45 bits per heavy atom. The zero-order valence-electron chi connectivity index (χ0n) is 20.8. The van der Waals surface area contributed by atoms with Crippen LogP contribution in [0.5, 0.6) is 0 Å². The van der Waals surface area contributed by atoms with Gasteiger partial charge in [0.1, 0.15) is 5.60 Å². The molecular formula is C30H44O3. The van der Waals surface area contributed by atoms with E-state index in [4.69, 9.17) is 0 Å². The molecule has 3 fully saturated rings. The first-order valence-electron chi connectivity index (χ1n) is 12.7. The van der Waals surface area contributed by atoms with Crippen LogP contribution in [0.1, 0.15) is 65.7 Å². The minimum atomic E-state index is -1.07. The maximum Gasteiger partial charge on any atom is 0.106 e. The molecule has 0 spiro atoms. The Morgan fingerprint density at radius 2 is 1.79 bits per heavy atom. The first-order chi connectivity index (χ1) is 15.6. The Hall–Kier alpha value is -1.68. The minimum Gasteiger partial charge on any atom is -0.393 e. The van der Waals surface area contributed by atoms with Crippen molar-refractivity contribution in [3.63, 3.8) is 0 Å². The second-order valence-electron chi connectivity index (χ2n) is 11.0. The van der Waals surface area contributed by atoms with Crippen LogP contribution in [0.2, 0.25) is 0 Å². The van der Waals surface area contributed by atoms with Crippen LogP contribution < -0.4 is 0 Å². The summed E-state index contributed by atoms with van der Waals surface area (Å²) in [5.74, 6) is 1.55. The van der Waals surface area contributed by atoms with E-state index in [-0.39, 0.29) is 11.3 Å². The molecule has 3 N–H and O–H groups in total. The number of fused-ring (bicyclic) bond motifs is 1. The van der Waals surface area contributed by atoms with E-state index < -0.39 is 17.8 Å². The molecule has 0 saturated heterocycles. The zero-order valence-corrected chi connectivity index (χ0v) is 20.8. The predicted molar refractivity (Wildman–Crippen MR) is 138 cm³/mol. The maximum absolute atomic E-state index is 10.6. The molecule has 0 aliphatic heterocycles. The zero-order chi connectivity index (χ0) is 24.4. The molecule has 0 aromatic heterocycles. The Bertz CT molecular complexity index is 839. The van der Waals surface area contributed by atoms with Crippen molar-refractivity contribution < 1.29 is 15.3 Å². The molecule has 0 bridgehead atoms. The highest BCUT2D eigenvalue weighted by Crippen LogP contribution is 2.59. The Labute approximate surface area is 201 Å². The van der Waals surface area contributed by atoms with Gasteiger partial charge in [-0.25, -0.2) is 0 Å². The van der Waals surface area contributed by atoms with Crippen molar-refractivity contribution in [1.29, 1.82) is 0 Å². The molecule has 3 heteroatoms. The molecule has 3 aliphatic carbocycles. The van der Waals surface area contributed by atoms with Crippen LogP contribution in [-0.2, 0) is 0 Å². The van der Waals surface area contributed by atoms with E-state index in [1.807, 2.05) is 6.92 Å². The average molecular weight is 453 g/mol. The van der Waals surface area contributed by atoms with Gasteiger partial charge in [-0.2, -0.15) is 0 Å². The van der Waals surface area contributed by atoms with Gasteiger partial charge in [-0.3, -0.25) is 0 Å². The van der Waals surface area contributed by atoms with Gasteiger partial charge in [0, 0.05) is 12.3 Å². The molecule has 0 heterocycles.